The van der Waals surface area contributed by atoms with Crippen LogP contribution in [-0.4, -0.2) is 36.9 Å². The molecule has 1 aromatic rings. The van der Waals surface area contributed by atoms with E-state index in [1.165, 1.54) is 24.1 Å². The van der Waals surface area contributed by atoms with Crippen LogP contribution in [0.5, 0.6) is 0 Å². The molecule has 4 nitrogen and oxygen atoms in total. The van der Waals surface area contributed by atoms with Gasteiger partial charge >= 0.3 is 6.18 Å². The zero-order valence-electron chi connectivity index (χ0n) is 11.4. The topological polar surface area (TPSA) is 49.4 Å². The van der Waals surface area contributed by atoms with E-state index in [4.69, 9.17) is 0 Å². The Morgan fingerprint density at radius 3 is 2.43 bits per heavy atom. The largest absolute Gasteiger partial charge is 0.417 e. The Balaban J connectivity index is 3.09. The van der Waals surface area contributed by atoms with Crippen LogP contribution in [0, 0.1) is 0 Å². The number of hydrogen-bond acceptors (Lipinski definition) is 2. The molecule has 0 fully saturated rings. The molecule has 0 saturated heterocycles. The number of carbonyl (C=O) groups is 2. The molecule has 1 N–H and O–H groups in total. The molecule has 0 aliphatic carbocycles. The van der Waals surface area contributed by atoms with Gasteiger partial charge in [-0.25, -0.2) is 0 Å². The van der Waals surface area contributed by atoms with Crippen LogP contribution in [-0.2, 0) is 11.0 Å². The normalized spacial score (nSPS) is 11.1. The lowest BCUT2D eigenvalue weighted by Crippen LogP contribution is -2.39. The number of likely N-dealkylation sites (N-methyl/N-ethyl adjacent to an activating group) is 2. The molecule has 2 amide bonds. The fourth-order valence-electron chi connectivity index (χ4n) is 1.64. The zero-order chi connectivity index (χ0) is 16.2. The van der Waals surface area contributed by atoms with Gasteiger partial charge in [0.15, 0.2) is 0 Å². The van der Waals surface area contributed by atoms with Gasteiger partial charge in [-0.3, -0.25) is 9.59 Å². The molecule has 0 aliphatic rings. The van der Waals surface area contributed by atoms with Crippen molar-refractivity contribution in [2.24, 2.45) is 0 Å². The fraction of sp³-hybridized carbons (Fsp3) is 0.385. The van der Waals surface area contributed by atoms with Crippen molar-refractivity contribution in [2.45, 2.75) is 13.1 Å². The number of nitrogens with zero attached hydrogens (tertiary/aromatic N) is 1. The first kappa shape index (κ1) is 17.5. The van der Waals surface area contributed by atoms with Gasteiger partial charge in [-0.1, -0.05) is 15.9 Å². The number of carbonyl (C=O) groups excluding carboxylic acids is 2. The number of amides is 2. The lowest BCUT2D eigenvalue weighted by Gasteiger charge is -2.20. The molecule has 0 atom stereocenters. The van der Waals surface area contributed by atoms with Crippen LogP contribution >= 0.6 is 15.9 Å². The minimum absolute atomic E-state index is 0.115. The van der Waals surface area contributed by atoms with Crippen LogP contribution in [0.3, 0.4) is 0 Å². The standard InChI is InChI=1S/C13H14BrF3N2O2/c1-3-19(7-11(20)18-2)12(21)8-4-5-10(14)9(6-8)13(15,16)17/h4-6H,3,7H2,1-2H3,(H,18,20). The maximum absolute atomic E-state index is 12.8. The number of alkyl halides is 3. The Hall–Kier alpha value is -1.57. The summed E-state index contributed by atoms with van der Waals surface area (Å²) in [4.78, 5) is 24.7. The summed E-state index contributed by atoms with van der Waals surface area (Å²) in [5.74, 6) is -1.02. The second kappa shape index (κ2) is 6.93. The maximum Gasteiger partial charge on any atom is 0.417 e. The molecule has 21 heavy (non-hydrogen) atoms. The Morgan fingerprint density at radius 1 is 1.33 bits per heavy atom. The first-order valence-electron chi connectivity index (χ1n) is 6.07. The van der Waals surface area contributed by atoms with Gasteiger partial charge in [0.25, 0.3) is 5.91 Å². The Bertz CT molecular complexity index is 547. The molecule has 1 rings (SSSR count). The molecule has 0 heterocycles. The first-order chi connectivity index (χ1) is 9.70. The first-order valence-corrected chi connectivity index (χ1v) is 6.86. The molecule has 0 bridgehead atoms. The number of nitrogens with one attached hydrogen (secondary N) is 1. The van der Waals surface area contributed by atoms with Crippen molar-refractivity contribution in [2.75, 3.05) is 20.1 Å². The zero-order valence-corrected chi connectivity index (χ0v) is 13.0. The lowest BCUT2D eigenvalue weighted by atomic mass is 10.1. The highest BCUT2D eigenvalue weighted by atomic mass is 79.9. The van der Waals surface area contributed by atoms with Crippen LogP contribution < -0.4 is 5.32 Å². The summed E-state index contributed by atoms with van der Waals surface area (Å²) < 4.78 is 38.3. The van der Waals surface area contributed by atoms with Crippen LogP contribution in [0.2, 0.25) is 0 Å². The second-order valence-corrected chi connectivity index (χ2v) is 5.04. The summed E-state index contributed by atoms with van der Waals surface area (Å²) in [6, 6.07) is 3.23. The van der Waals surface area contributed by atoms with Gasteiger partial charge in [-0.15, -0.1) is 0 Å². The molecule has 0 aromatic heterocycles. The van der Waals surface area contributed by atoms with Gasteiger partial charge in [-0.05, 0) is 25.1 Å². The Labute approximate surface area is 128 Å². The molecule has 0 spiro atoms. The molecule has 0 saturated carbocycles. The van der Waals surface area contributed by atoms with E-state index in [9.17, 15) is 22.8 Å². The van der Waals surface area contributed by atoms with Gasteiger partial charge < -0.3 is 10.2 Å². The van der Waals surface area contributed by atoms with Gasteiger partial charge in [0.05, 0.1) is 12.1 Å². The molecule has 0 unspecified atom stereocenters. The van der Waals surface area contributed by atoms with Crippen molar-refractivity contribution >= 4 is 27.7 Å². The van der Waals surface area contributed by atoms with E-state index in [1.807, 2.05) is 0 Å². The molecular formula is C13H14BrF3N2O2. The van der Waals surface area contributed by atoms with Crippen LogP contribution in [0.15, 0.2) is 22.7 Å². The van der Waals surface area contributed by atoms with E-state index < -0.39 is 23.6 Å². The van der Waals surface area contributed by atoms with E-state index in [-0.39, 0.29) is 23.1 Å². The number of hydrogen-bond donors (Lipinski definition) is 1. The van der Waals surface area contributed by atoms with Crippen LogP contribution in [0.4, 0.5) is 13.2 Å². The summed E-state index contributed by atoms with van der Waals surface area (Å²) in [5, 5.41) is 2.36. The summed E-state index contributed by atoms with van der Waals surface area (Å²) >= 11 is 2.81. The molecule has 116 valence electrons. The van der Waals surface area contributed by atoms with Crippen molar-refractivity contribution in [1.29, 1.82) is 0 Å². The Kier molecular flexibility index (Phi) is 5.77. The van der Waals surface area contributed by atoms with E-state index in [0.29, 0.717) is 0 Å². The molecule has 0 aliphatic heterocycles. The smallest absolute Gasteiger partial charge is 0.358 e. The van der Waals surface area contributed by atoms with Gasteiger partial charge in [0.1, 0.15) is 0 Å². The highest BCUT2D eigenvalue weighted by molar-refractivity contribution is 9.10. The van der Waals surface area contributed by atoms with Crippen LogP contribution in [0.25, 0.3) is 0 Å². The second-order valence-electron chi connectivity index (χ2n) is 4.18. The Morgan fingerprint density at radius 2 is 1.95 bits per heavy atom. The molecule has 1 aromatic carbocycles. The monoisotopic (exact) mass is 366 g/mol. The molecule has 0 radical (unpaired) electrons. The number of halogens is 4. The van der Waals surface area contributed by atoms with Crippen molar-refractivity contribution in [3.05, 3.63) is 33.8 Å². The third-order valence-electron chi connectivity index (χ3n) is 2.80. The number of benzene rings is 1. The lowest BCUT2D eigenvalue weighted by molar-refractivity contribution is -0.138. The fourth-order valence-corrected chi connectivity index (χ4v) is 2.11. The number of rotatable bonds is 4. The van der Waals surface area contributed by atoms with E-state index in [1.54, 1.807) is 6.92 Å². The van der Waals surface area contributed by atoms with E-state index in [0.717, 1.165) is 6.07 Å². The third-order valence-corrected chi connectivity index (χ3v) is 3.49. The minimum Gasteiger partial charge on any atom is -0.358 e. The van der Waals surface area contributed by atoms with Gasteiger partial charge in [0.2, 0.25) is 5.91 Å². The van der Waals surface area contributed by atoms with Crippen molar-refractivity contribution in [1.82, 2.24) is 10.2 Å². The average molecular weight is 367 g/mol. The predicted molar refractivity (Wildman–Crippen MR) is 74.8 cm³/mol. The van der Waals surface area contributed by atoms with Crippen molar-refractivity contribution < 1.29 is 22.8 Å². The quantitative estimate of drug-likeness (QED) is 0.890. The van der Waals surface area contributed by atoms with Crippen LogP contribution in [0.1, 0.15) is 22.8 Å². The minimum atomic E-state index is -4.56. The van der Waals surface area contributed by atoms with Crippen molar-refractivity contribution in [3.63, 3.8) is 0 Å². The molecule has 8 heteroatoms. The highest BCUT2D eigenvalue weighted by Crippen LogP contribution is 2.35. The summed E-state index contributed by atoms with van der Waals surface area (Å²) in [7, 11) is 1.42. The van der Waals surface area contributed by atoms with Gasteiger partial charge in [-0.2, -0.15) is 13.2 Å². The predicted octanol–water partition coefficient (Wildman–Crippen LogP) is 2.68. The summed E-state index contributed by atoms with van der Waals surface area (Å²) in [5.41, 5.74) is -1.04. The van der Waals surface area contributed by atoms with Crippen molar-refractivity contribution in [3.8, 4) is 0 Å². The van der Waals surface area contributed by atoms with E-state index >= 15 is 0 Å². The average Bonchev–Trinajstić information content (AvgIpc) is 2.42. The molecular weight excluding hydrogens is 353 g/mol. The summed E-state index contributed by atoms with van der Waals surface area (Å²) in [6.45, 7) is 1.65. The van der Waals surface area contributed by atoms with E-state index in [2.05, 4.69) is 21.2 Å². The maximum atomic E-state index is 12.8. The SMILES string of the molecule is CCN(CC(=O)NC)C(=O)c1ccc(Br)c(C(F)(F)F)c1. The van der Waals surface area contributed by atoms with Gasteiger partial charge in [0, 0.05) is 23.6 Å². The highest BCUT2D eigenvalue weighted by Gasteiger charge is 2.34. The summed E-state index contributed by atoms with van der Waals surface area (Å²) in [6.07, 6.45) is -4.56. The third kappa shape index (κ3) is 4.45.